The van der Waals surface area contributed by atoms with Gasteiger partial charge in [0.15, 0.2) is 0 Å². The third-order valence-corrected chi connectivity index (χ3v) is 1.18. The first kappa shape index (κ1) is 12.0. The summed E-state index contributed by atoms with van der Waals surface area (Å²) >= 11 is 0. The van der Waals surface area contributed by atoms with Crippen molar-refractivity contribution in [3.8, 4) is 0 Å². The summed E-state index contributed by atoms with van der Waals surface area (Å²) in [6, 6.07) is 0. The van der Waals surface area contributed by atoms with Gasteiger partial charge < -0.3 is 6.22 Å². The van der Waals surface area contributed by atoms with Gasteiger partial charge in [-0.05, 0) is 6.42 Å². The molecule has 0 unspecified atom stereocenters. The van der Waals surface area contributed by atoms with Gasteiger partial charge in [0, 0.05) is 6.42 Å². The molecule has 0 atom stereocenters. The van der Waals surface area contributed by atoms with Gasteiger partial charge in [0.2, 0.25) is 0 Å². The number of hydrogen-bond donors (Lipinski definition) is 0. The first-order valence-electron chi connectivity index (χ1n) is 3.35. The van der Waals surface area contributed by atoms with E-state index in [1.165, 1.54) is 19.3 Å². The van der Waals surface area contributed by atoms with Gasteiger partial charge in [-0.2, -0.15) is 0 Å². The smallest absolute Gasteiger partial charge is 1.00 e. The fourth-order valence-corrected chi connectivity index (χ4v) is 0.654. The number of carbonyl (C=O) groups is 1. The topological polar surface area (TPSA) is 17.1 Å². The SMILES string of the molecule is CCCCCCC=O.[H-].[Li+]. The summed E-state index contributed by atoms with van der Waals surface area (Å²) in [7, 11) is 0. The molecule has 0 saturated carbocycles. The van der Waals surface area contributed by atoms with Crippen molar-refractivity contribution < 1.29 is 25.1 Å². The number of unbranched alkanes of at least 4 members (excludes halogenated alkanes) is 4. The Labute approximate surface area is 70.9 Å². The average Bonchev–Trinajstić information content (AvgIpc) is 1.81. The predicted molar refractivity (Wildman–Crippen MR) is 35.9 cm³/mol. The molecule has 9 heavy (non-hydrogen) atoms. The fraction of sp³-hybridized carbons (Fsp3) is 0.857. The number of carbonyl (C=O) groups excluding carboxylic acids is 1. The summed E-state index contributed by atoms with van der Waals surface area (Å²) in [6.45, 7) is 2.17. The third-order valence-electron chi connectivity index (χ3n) is 1.18. The van der Waals surface area contributed by atoms with E-state index >= 15 is 0 Å². The van der Waals surface area contributed by atoms with Crippen LogP contribution in [0.1, 0.15) is 40.5 Å². The minimum absolute atomic E-state index is 0. The van der Waals surface area contributed by atoms with Gasteiger partial charge in [-0.3, -0.25) is 0 Å². The molecule has 0 aromatic heterocycles. The van der Waals surface area contributed by atoms with Gasteiger partial charge in [0.25, 0.3) is 0 Å². The minimum atomic E-state index is 0. The van der Waals surface area contributed by atoms with Crippen molar-refractivity contribution in [1.29, 1.82) is 0 Å². The molecule has 0 aliphatic heterocycles. The quantitative estimate of drug-likeness (QED) is 0.267. The molecule has 0 spiro atoms. The van der Waals surface area contributed by atoms with Crippen LogP contribution in [-0.2, 0) is 4.79 Å². The van der Waals surface area contributed by atoms with Gasteiger partial charge in [-0.25, -0.2) is 0 Å². The predicted octanol–water partition coefficient (Wildman–Crippen LogP) is -0.728. The van der Waals surface area contributed by atoms with E-state index in [0.29, 0.717) is 0 Å². The van der Waals surface area contributed by atoms with E-state index in [1.807, 2.05) is 0 Å². The molecule has 0 bridgehead atoms. The Balaban J connectivity index is -0.000000245. The van der Waals surface area contributed by atoms with Crippen LogP contribution in [0.5, 0.6) is 0 Å². The fourth-order valence-electron chi connectivity index (χ4n) is 0.654. The van der Waals surface area contributed by atoms with Gasteiger partial charge >= 0.3 is 18.9 Å². The van der Waals surface area contributed by atoms with Crippen LogP contribution >= 0.6 is 0 Å². The Morgan fingerprint density at radius 1 is 1.33 bits per heavy atom. The molecule has 50 valence electrons. The number of hydrogen-bond acceptors (Lipinski definition) is 1. The molecule has 0 amide bonds. The molecule has 0 saturated heterocycles. The van der Waals surface area contributed by atoms with Crippen LogP contribution in [0, 0.1) is 0 Å². The molecule has 0 aromatic rings. The summed E-state index contributed by atoms with van der Waals surface area (Å²) in [6.07, 6.45) is 6.56. The Bertz CT molecular complexity index is 59.6. The van der Waals surface area contributed by atoms with Crippen LogP contribution in [0.4, 0.5) is 0 Å². The summed E-state index contributed by atoms with van der Waals surface area (Å²) in [5.41, 5.74) is 0. The average molecular weight is 122 g/mol. The van der Waals surface area contributed by atoms with E-state index in [1.54, 1.807) is 0 Å². The Kier molecular flexibility index (Phi) is 14.8. The molecule has 2 heteroatoms. The van der Waals surface area contributed by atoms with Crippen molar-refractivity contribution in [3.63, 3.8) is 0 Å². The van der Waals surface area contributed by atoms with Gasteiger partial charge in [-0.1, -0.05) is 26.2 Å². The maximum atomic E-state index is 9.77. The maximum Gasteiger partial charge on any atom is 1.00 e. The van der Waals surface area contributed by atoms with Crippen molar-refractivity contribution in [2.45, 2.75) is 39.0 Å². The second kappa shape index (κ2) is 11.1. The normalized spacial score (nSPS) is 8.11. The molecule has 0 fully saturated rings. The van der Waals surface area contributed by atoms with Crippen molar-refractivity contribution in [3.05, 3.63) is 0 Å². The van der Waals surface area contributed by atoms with Crippen molar-refractivity contribution in [2.24, 2.45) is 0 Å². The molecule has 0 N–H and O–H groups in total. The van der Waals surface area contributed by atoms with Crippen LogP contribution in [0.2, 0.25) is 0 Å². The second-order valence-corrected chi connectivity index (χ2v) is 2.02. The standard InChI is InChI=1S/C7H14O.Li.H/c1-2-3-4-5-6-7-8;;/h7H,2-6H2,1H3;;/q;+1;-1. The molecular weight excluding hydrogens is 107 g/mol. The van der Waals surface area contributed by atoms with Crippen LogP contribution in [0.25, 0.3) is 0 Å². The molecule has 0 aliphatic rings. The van der Waals surface area contributed by atoms with Gasteiger partial charge in [-0.15, -0.1) is 0 Å². The van der Waals surface area contributed by atoms with Gasteiger partial charge in [0.05, 0.1) is 0 Å². The van der Waals surface area contributed by atoms with Crippen LogP contribution in [-0.4, -0.2) is 6.29 Å². The summed E-state index contributed by atoms with van der Waals surface area (Å²) in [4.78, 5) is 9.77. The molecule has 0 radical (unpaired) electrons. The third kappa shape index (κ3) is 11.7. The molecule has 1 nitrogen and oxygen atoms in total. The van der Waals surface area contributed by atoms with Crippen LogP contribution < -0.4 is 18.9 Å². The van der Waals surface area contributed by atoms with Crippen molar-refractivity contribution in [2.75, 3.05) is 0 Å². The molecular formula is C7H15LiO. The molecule has 0 heterocycles. The van der Waals surface area contributed by atoms with E-state index in [9.17, 15) is 4.79 Å². The zero-order chi connectivity index (χ0) is 6.24. The van der Waals surface area contributed by atoms with E-state index in [0.717, 1.165) is 19.1 Å². The van der Waals surface area contributed by atoms with E-state index in [2.05, 4.69) is 6.92 Å². The Morgan fingerprint density at radius 3 is 2.44 bits per heavy atom. The Morgan fingerprint density at radius 2 is 2.00 bits per heavy atom. The Hall–Kier alpha value is 0.267. The van der Waals surface area contributed by atoms with Crippen molar-refractivity contribution >= 4 is 6.29 Å². The minimum Gasteiger partial charge on any atom is -1.00 e. The first-order valence-corrected chi connectivity index (χ1v) is 3.35. The number of rotatable bonds is 5. The van der Waals surface area contributed by atoms with Crippen LogP contribution in [0.3, 0.4) is 0 Å². The van der Waals surface area contributed by atoms with E-state index in [-0.39, 0.29) is 20.3 Å². The zero-order valence-electron chi connectivity index (χ0n) is 7.52. The monoisotopic (exact) mass is 122 g/mol. The summed E-state index contributed by atoms with van der Waals surface area (Å²) < 4.78 is 0. The van der Waals surface area contributed by atoms with Gasteiger partial charge in [0.1, 0.15) is 6.29 Å². The largest absolute Gasteiger partial charge is 1.00 e. The molecule has 0 aliphatic carbocycles. The summed E-state index contributed by atoms with van der Waals surface area (Å²) in [5, 5.41) is 0. The van der Waals surface area contributed by atoms with E-state index < -0.39 is 0 Å². The van der Waals surface area contributed by atoms with E-state index in [4.69, 9.17) is 0 Å². The number of aldehydes is 1. The molecule has 0 rings (SSSR count). The van der Waals surface area contributed by atoms with Crippen molar-refractivity contribution in [1.82, 2.24) is 0 Å². The second-order valence-electron chi connectivity index (χ2n) is 2.02. The zero-order valence-corrected chi connectivity index (χ0v) is 6.52. The van der Waals surface area contributed by atoms with Crippen LogP contribution in [0.15, 0.2) is 0 Å². The summed E-state index contributed by atoms with van der Waals surface area (Å²) in [5.74, 6) is 0. The molecule has 0 aromatic carbocycles. The first-order chi connectivity index (χ1) is 3.91. The maximum absolute atomic E-state index is 9.77.